The van der Waals surface area contributed by atoms with E-state index in [0.29, 0.717) is 0 Å². The Balaban J connectivity index is 1.86. The first-order valence-corrected chi connectivity index (χ1v) is 5.32. The number of fused-ring (bicyclic) bond motifs is 1. The van der Waals surface area contributed by atoms with Crippen molar-refractivity contribution >= 4 is 7.12 Å². The van der Waals surface area contributed by atoms with E-state index < -0.39 is 0 Å². The third kappa shape index (κ3) is 2.03. The number of para-hydroxylation sites is 2. The fourth-order valence-corrected chi connectivity index (χ4v) is 1.63. The van der Waals surface area contributed by atoms with Crippen LogP contribution in [0.25, 0.3) is 0 Å². The quantitative estimate of drug-likeness (QED) is 0.536. The summed E-state index contributed by atoms with van der Waals surface area (Å²) < 4.78 is 11.3. The highest BCUT2D eigenvalue weighted by Gasteiger charge is 2.30. The van der Waals surface area contributed by atoms with Crippen molar-refractivity contribution in [2.45, 2.75) is 32.5 Å². The molecule has 1 aromatic carbocycles. The Kier molecular flexibility index (Phi) is 2.97. The maximum atomic E-state index is 5.63. The zero-order valence-corrected chi connectivity index (χ0v) is 8.53. The standard InChI is InChI=1S/C11H15BO2/c1-2-3-6-9-12-13-10-7-4-5-8-11(10)14-12/h4-5,7-8H,2-3,6,9H2,1H3. The second kappa shape index (κ2) is 4.40. The van der Waals surface area contributed by atoms with Crippen LogP contribution in [0.5, 0.6) is 11.5 Å². The van der Waals surface area contributed by atoms with E-state index in [0.717, 1.165) is 17.8 Å². The average molecular weight is 190 g/mol. The first kappa shape index (κ1) is 9.44. The predicted octanol–water partition coefficient (Wildman–Crippen LogP) is 3.14. The molecule has 1 aliphatic rings. The summed E-state index contributed by atoms with van der Waals surface area (Å²) in [5.74, 6) is 1.77. The molecule has 1 aromatic rings. The largest absolute Gasteiger partial charge is 0.594 e. The van der Waals surface area contributed by atoms with Gasteiger partial charge in [0.15, 0.2) is 0 Å². The molecule has 1 heterocycles. The fourth-order valence-electron chi connectivity index (χ4n) is 1.63. The van der Waals surface area contributed by atoms with E-state index in [-0.39, 0.29) is 7.12 Å². The van der Waals surface area contributed by atoms with Crippen LogP contribution in [-0.4, -0.2) is 7.12 Å². The Bertz CT molecular complexity index is 276. The van der Waals surface area contributed by atoms with Crippen molar-refractivity contribution in [3.63, 3.8) is 0 Å². The van der Waals surface area contributed by atoms with Gasteiger partial charge in [-0.25, -0.2) is 0 Å². The van der Waals surface area contributed by atoms with Crippen molar-refractivity contribution in [2.75, 3.05) is 0 Å². The molecule has 0 saturated heterocycles. The normalized spacial score (nSPS) is 13.4. The van der Waals surface area contributed by atoms with Gasteiger partial charge in [0.05, 0.1) is 0 Å². The van der Waals surface area contributed by atoms with Crippen LogP contribution in [0.15, 0.2) is 24.3 Å². The Morgan fingerprint density at radius 2 is 1.71 bits per heavy atom. The van der Waals surface area contributed by atoms with E-state index >= 15 is 0 Å². The Hall–Kier alpha value is -1.12. The molecule has 1 aliphatic heterocycles. The van der Waals surface area contributed by atoms with E-state index in [2.05, 4.69) is 6.92 Å². The molecule has 0 aliphatic carbocycles. The van der Waals surface area contributed by atoms with Crippen LogP contribution in [-0.2, 0) is 0 Å². The Morgan fingerprint density at radius 1 is 1.07 bits per heavy atom. The number of benzene rings is 1. The average Bonchev–Trinajstić information content (AvgIpc) is 2.60. The maximum Gasteiger partial charge on any atom is 0.594 e. The monoisotopic (exact) mass is 190 g/mol. The van der Waals surface area contributed by atoms with Crippen LogP contribution in [0.4, 0.5) is 0 Å². The second-order valence-electron chi connectivity index (χ2n) is 3.61. The molecule has 0 amide bonds. The minimum Gasteiger partial charge on any atom is -0.523 e. The zero-order valence-electron chi connectivity index (χ0n) is 8.53. The minimum absolute atomic E-state index is 0.0565. The van der Waals surface area contributed by atoms with E-state index in [1.54, 1.807) is 0 Å². The van der Waals surface area contributed by atoms with Crippen molar-refractivity contribution in [2.24, 2.45) is 0 Å². The van der Waals surface area contributed by atoms with Gasteiger partial charge in [0.1, 0.15) is 11.5 Å². The molecule has 0 N–H and O–H groups in total. The van der Waals surface area contributed by atoms with Gasteiger partial charge >= 0.3 is 7.12 Å². The Labute approximate surface area is 85.4 Å². The number of hydrogen-bond donors (Lipinski definition) is 0. The first-order valence-electron chi connectivity index (χ1n) is 5.32. The lowest BCUT2D eigenvalue weighted by Gasteiger charge is -2.02. The molecule has 0 bridgehead atoms. The van der Waals surface area contributed by atoms with Crippen molar-refractivity contribution in [1.29, 1.82) is 0 Å². The molecule has 2 rings (SSSR count). The lowest BCUT2D eigenvalue weighted by atomic mass is 9.82. The molecule has 0 unspecified atom stereocenters. The molecule has 0 atom stereocenters. The summed E-state index contributed by atoms with van der Waals surface area (Å²) >= 11 is 0. The number of hydrogen-bond acceptors (Lipinski definition) is 2. The molecule has 0 aromatic heterocycles. The molecule has 74 valence electrons. The fraction of sp³-hybridized carbons (Fsp3) is 0.455. The molecular formula is C11H15BO2. The molecule has 2 nitrogen and oxygen atoms in total. The van der Waals surface area contributed by atoms with Crippen molar-refractivity contribution in [1.82, 2.24) is 0 Å². The molecule has 14 heavy (non-hydrogen) atoms. The van der Waals surface area contributed by atoms with Crippen molar-refractivity contribution in [3.8, 4) is 11.5 Å². The number of unbranched alkanes of at least 4 members (excludes halogenated alkanes) is 2. The van der Waals surface area contributed by atoms with Crippen molar-refractivity contribution < 1.29 is 9.31 Å². The van der Waals surface area contributed by atoms with E-state index in [9.17, 15) is 0 Å². The van der Waals surface area contributed by atoms with E-state index in [4.69, 9.17) is 9.31 Å². The topological polar surface area (TPSA) is 18.5 Å². The first-order chi connectivity index (χ1) is 6.90. The van der Waals surface area contributed by atoms with Gasteiger partial charge in [-0.3, -0.25) is 0 Å². The Morgan fingerprint density at radius 3 is 2.29 bits per heavy atom. The van der Waals surface area contributed by atoms with Crippen molar-refractivity contribution in [3.05, 3.63) is 24.3 Å². The minimum atomic E-state index is -0.0565. The summed E-state index contributed by atoms with van der Waals surface area (Å²) in [5.41, 5.74) is 0. The third-order valence-corrected chi connectivity index (χ3v) is 2.41. The molecule has 0 saturated carbocycles. The molecule has 0 spiro atoms. The van der Waals surface area contributed by atoms with Crippen LogP contribution in [0, 0.1) is 0 Å². The zero-order chi connectivity index (χ0) is 9.80. The van der Waals surface area contributed by atoms with Crippen LogP contribution < -0.4 is 9.31 Å². The van der Waals surface area contributed by atoms with Gasteiger partial charge in [0.2, 0.25) is 0 Å². The van der Waals surface area contributed by atoms with E-state index in [1.807, 2.05) is 24.3 Å². The van der Waals surface area contributed by atoms with Crippen LogP contribution in [0.2, 0.25) is 6.32 Å². The van der Waals surface area contributed by atoms with Gasteiger partial charge in [-0.1, -0.05) is 38.3 Å². The molecule has 0 radical (unpaired) electrons. The van der Waals surface area contributed by atoms with Gasteiger partial charge in [0.25, 0.3) is 0 Å². The summed E-state index contributed by atoms with van der Waals surface area (Å²) in [5, 5.41) is 0. The molecule has 3 heteroatoms. The highest BCUT2D eigenvalue weighted by molar-refractivity contribution is 6.47. The summed E-state index contributed by atoms with van der Waals surface area (Å²) in [6.07, 6.45) is 4.65. The summed E-state index contributed by atoms with van der Waals surface area (Å²) in [6.45, 7) is 2.20. The summed E-state index contributed by atoms with van der Waals surface area (Å²) in [6, 6.07) is 7.84. The number of rotatable bonds is 4. The predicted molar refractivity (Wildman–Crippen MR) is 57.8 cm³/mol. The summed E-state index contributed by atoms with van der Waals surface area (Å²) in [4.78, 5) is 0. The highest BCUT2D eigenvalue weighted by Crippen LogP contribution is 2.33. The third-order valence-electron chi connectivity index (χ3n) is 2.41. The van der Waals surface area contributed by atoms with E-state index in [1.165, 1.54) is 19.3 Å². The molecule has 0 fully saturated rings. The van der Waals surface area contributed by atoms with Crippen LogP contribution >= 0.6 is 0 Å². The van der Waals surface area contributed by atoms with Gasteiger partial charge < -0.3 is 9.31 Å². The van der Waals surface area contributed by atoms with Crippen LogP contribution in [0.3, 0.4) is 0 Å². The summed E-state index contributed by atoms with van der Waals surface area (Å²) in [7, 11) is -0.0565. The lowest BCUT2D eigenvalue weighted by Crippen LogP contribution is -2.23. The van der Waals surface area contributed by atoms with Gasteiger partial charge in [-0.05, 0) is 12.1 Å². The van der Waals surface area contributed by atoms with Gasteiger partial charge in [0, 0.05) is 6.32 Å². The highest BCUT2D eigenvalue weighted by atomic mass is 16.6. The second-order valence-corrected chi connectivity index (χ2v) is 3.61. The van der Waals surface area contributed by atoms with Gasteiger partial charge in [-0.2, -0.15) is 0 Å². The van der Waals surface area contributed by atoms with Crippen LogP contribution in [0.1, 0.15) is 26.2 Å². The smallest absolute Gasteiger partial charge is 0.523 e. The molecular weight excluding hydrogens is 175 g/mol. The van der Waals surface area contributed by atoms with Gasteiger partial charge in [-0.15, -0.1) is 0 Å². The lowest BCUT2D eigenvalue weighted by molar-refractivity contribution is 0.490. The SMILES string of the molecule is CCCCCB1Oc2ccccc2O1. The maximum absolute atomic E-state index is 5.63.